The van der Waals surface area contributed by atoms with Crippen molar-refractivity contribution in [2.45, 2.75) is 25.8 Å². The summed E-state index contributed by atoms with van der Waals surface area (Å²) in [5, 5.41) is 15.9. The minimum atomic E-state index is -2.48. The van der Waals surface area contributed by atoms with Gasteiger partial charge in [-0.25, -0.2) is 8.78 Å². The van der Waals surface area contributed by atoms with E-state index in [9.17, 15) is 8.78 Å². The van der Waals surface area contributed by atoms with Gasteiger partial charge in [-0.15, -0.1) is 0 Å². The summed E-state index contributed by atoms with van der Waals surface area (Å²) >= 11 is 0. The predicted octanol–water partition coefficient (Wildman–Crippen LogP) is 0.260. The summed E-state index contributed by atoms with van der Waals surface area (Å²) < 4.78 is 24.3. The van der Waals surface area contributed by atoms with E-state index in [1.54, 1.807) is 6.92 Å². The van der Waals surface area contributed by atoms with E-state index in [1.165, 1.54) is 4.90 Å². The van der Waals surface area contributed by atoms with E-state index in [-0.39, 0.29) is 19.0 Å². The van der Waals surface area contributed by atoms with Gasteiger partial charge in [-0.05, 0) is 6.42 Å². The maximum atomic E-state index is 12.1. The van der Waals surface area contributed by atoms with Crippen LogP contribution in [0.4, 0.5) is 8.78 Å². The van der Waals surface area contributed by atoms with Crippen molar-refractivity contribution in [3.63, 3.8) is 0 Å². The molecule has 0 aromatic carbocycles. The van der Waals surface area contributed by atoms with Crippen LogP contribution in [0, 0.1) is 5.41 Å². The van der Waals surface area contributed by atoms with Crippen LogP contribution in [0.3, 0.4) is 0 Å². The van der Waals surface area contributed by atoms with Crippen molar-refractivity contribution < 1.29 is 13.9 Å². The molecule has 4 nitrogen and oxygen atoms in total. The number of alkyl halides is 2. The molecule has 0 aliphatic rings. The minimum absolute atomic E-state index is 0.114. The van der Waals surface area contributed by atoms with E-state index in [4.69, 9.17) is 16.2 Å². The Hall–Kier alpha value is -0.750. The first-order valence-corrected chi connectivity index (χ1v) is 4.49. The Kier molecular flexibility index (Phi) is 6.31. The van der Waals surface area contributed by atoms with Gasteiger partial charge in [0.05, 0.1) is 19.2 Å². The van der Waals surface area contributed by atoms with Gasteiger partial charge in [0.1, 0.15) is 5.84 Å². The number of hydrogen-bond donors (Lipinski definition) is 3. The molecule has 0 heterocycles. The summed E-state index contributed by atoms with van der Waals surface area (Å²) in [4.78, 5) is 1.33. The quantitative estimate of drug-likeness (QED) is 0.416. The van der Waals surface area contributed by atoms with Crippen molar-refractivity contribution in [1.29, 1.82) is 5.41 Å². The average molecular weight is 209 g/mol. The third-order valence-corrected chi connectivity index (χ3v) is 1.95. The second-order valence-corrected chi connectivity index (χ2v) is 2.99. The number of nitrogens with zero attached hydrogens (tertiary/aromatic N) is 1. The van der Waals surface area contributed by atoms with E-state index in [0.29, 0.717) is 6.42 Å². The standard InChI is InChI=1S/C8H17F2N3O/c1-2-6(8(11)12)13(3-4-14)5-7(9)10/h6-7,14H,2-5H2,1H3,(H3,11,12). The van der Waals surface area contributed by atoms with Gasteiger partial charge in [0, 0.05) is 6.54 Å². The summed E-state index contributed by atoms with van der Waals surface area (Å²) in [5.41, 5.74) is 5.27. The maximum Gasteiger partial charge on any atom is 0.251 e. The van der Waals surface area contributed by atoms with E-state index < -0.39 is 19.0 Å². The fourth-order valence-corrected chi connectivity index (χ4v) is 1.35. The molecule has 14 heavy (non-hydrogen) atoms. The van der Waals surface area contributed by atoms with Gasteiger partial charge in [0.25, 0.3) is 6.43 Å². The zero-order chi connectivity index (χ0) is 11.1. The Morgan fingerprint density at radius 3 is 2.43 bits per heavy atom. The largest absolute Gasteiger partial charge is 0.395 e. The number of nitrogens with two attached hydrogens (primary N) is 1. The molecule has 0 rings (SSSR count). The molecular weight excluding hydrogens is 192 g/mol. The van der Waals surface area contributed by atoms with Gasteiger partial charge >= 0.3 is 0 Å². The number of halogens is 2. The number of amidine groups is 1. The third kappa shape index (κ3) is 4.48. The fourth-order valence-electron chi connectivity index (χ4n) is 1.35. The Bertz CT molecular complexity index is 178. The zero-order valence-corrected chi connectivity index (χ0v) is 8.21. The molecule has 0 saturated heterocycles. The second kappa shape index (κ2) is 6.67. The van der Waals surface area contributed by atoms with Crippen molar-refractivity contribution in [1.82, 2.24) is 4.90 Å². The molecular formula is C8H17F2N3O. The molecule has 0 aliphatic carbocycles. The third-order valence-electron chi connectivity index (χ3n) is 1.95. The first-order chi connectivity index (χ1) is 6.52. The Labute approximate surface area is 82.2 Å². The number of aliphatic hydroxyl groups is 1. The number of hydrogen-bond acceptors (Lipinski definition) is 3. The molecule has 0 aliphatic heterocycles. The van der Waals surface area contributed by atoms with Crippen molar-refractivity contribution in [3.05, 3.63) is 0 Å². The van der Waals surface area contributed by atoms with Gasteiger partial charge in [-0.1, -0.05) is 6.92 Å². The van der Waals surface area contributed by atoms with Crippen molar-refractivity contribution in [2.75, 3.05) is 19.7 Å². The maximum absolute atomic E-state index is 12.1. The normalized spacial score (nSPS) is 13.6. The Balaban J connectivity index is 4.34. The van der Waals surface area contributed by atoms with Crippen LogP contribution in [-0.4, -0.2) is 48.0 Å². The van der Waals surface area contributed by atoms with Crippen LogP contribution in [0.15, 0.2) is 0 Å². The highest BCUT2D eigenvalue weighted by Crippen LogP contribution is 2.07. The molecule has 1 unspecified atom stereocenters. The lowest BCUT2D eigenvalue weighted by Gasteiger charge is -2.28. The smallest absolute Gasteiger partial charge is 0.251 e. The minimum Gasteiger partial charge on any atom is -0.395 e. The van der Waals surface area contributed by atoms with Crippen LogP contribution in [0.5, 0.6) is 0 Å². The second-order valence-electron chi connectivity index (χ2n) is 2.99. The summed E-state index contributed by atoms with van der Waals surface area (Å²) in [6, 6.07) is -0.504. The molecule has 0 saturated carbocycles. The number of rotatable bonds is 7. The Morgan fingerprint density at radius 2 is 2.14 bits per heavy atom. The topological polar surface area (TPSA) is 73.3 Å². The van der Waals surface area contributed by atoms with Crippen molar-refractivity contribution >= 4 is 5.84 Å². The van der Waals surface area contributed by atoms with E-state index >= 15 is 0 Å². The van der Waals surface area contributed by atoms with Crippen LogP contribution >= 0.6 is 0 Å². The lowest BCUT2D eigenvalue weighted by Crippen LogP contribution is -2.47. The lowest BCUT2D eigenvalue weighted by atomic mass is 10.1. The van der Waals surface area contributed by atoms with Gasteiger partial charge in [-0.2, -0.15) is 0 Å². The van der Waals surface area contributed by atoms with Gasteiger partial charge in [-0.3, -0.25) is 10.3 Å². The number of aliphatic hydroxyl groups excluding tert-OH is 1. The van der Waals surface area contributed by atoms with Crippen molar-refractivity contribution in [2.24, 2.45) is 5.73 Å². The molecule has 84 valence electrons. The first kappa shape index (κ1) is 13.2. The molecule has 0 spiro atoms. The highest BCUT2D eigenvalue weighted by atomic mass is 19.3. The van der Waals surface area contributed by atoms with Crippen LogP contribution in [0.1, 0.15) is 13.3 Å². The first-order valence-electron chi connectivity index (χ1n) is 4.49. The van der Waals surface area contributed by atoms with E-state index in [2.05, 4.69) is 0 Å². The van der Waals surface area contributed by atoms with Crippen LogP contribution < -0.4 is 5.73 Å². The van der Waals surface area contributed by atoms with Gasteiger partial charge in [0.2, 0.25) is 0 Å². The molecule has 0 amide bonds. The molecule has 0 aromatic heterocycles. The summed E-state index contributed by atoms with van der Waals surface area (Å²) in [7, 11) is 0. The van der Waals surface area contributed by atoms with Gasteiger partial charge in [0.15, 0.2) is 0 Å². The van der Waals surface area contributed by atoms with Crippen LogP contribution in [0.2, 0.25) is 0 Å². The molecule has 0 aromatic rings. The fraction of sp³-hybridized carbons (Fsp3) is 0.875. The molecule has 0 bridgehead atoms. The molecule has 4 N–H and O–H groups in total. The van der Waals surface area contributed by atoms with E-state index in [0.717, 1.165) is 0 Å². The van der Waals surface area contributed by atoms with Crippen LogP contribution in [-0.2, 0) is 0 Å². The summed E-state index contributed by atoms with van der Waals surface area (Å²) in [5.74, 6) is -0.137. The Morgan fingerprint density at radius 1 is 1.57 bits per heavy atom. The lowest BCUT2D eigenvalue weighted by molar-refractivity contribution is 0.0676. The highest BCUT2D eigenvalue weighted by molar-refractivity contribution is 5.82. The molecule has 0 fully saturated rings. The van der Waals surface area contributed by atoms with E-state index in [1.807, 2.05) is 0 Å². The number of nitrogens with one attached hydrogen (secondary N) is 1. The average Bonchev–Trinajstić information content (AvgIpc) is 2.03. The molecule has 1 atom stereocenters. The monoisotopic (exact) mass is 209 g/mol. The predicted molar refractivity (Wildman–Crippen MR) is 50.7 cm³/mol. The van der Waals surface area contributed by atoms with Gasteiger partial charge < -0.3 is 10.8 Å². The summed E-state index contributed by atoms with van der Waals surface area (Å²) in [6.45, 7) is 1.21. The molecule has 0 radical (unpaired) electrons. The zero-order valence-electron chi connectivity index (χ0n) is 8.21. The SMILES string of the molecule is CCC(C(=N)N)N(CCO)CC(F)F. The van der Waals surface area contributed by atoms with Crippen molar-refractivity contribution in [3.8, 4) is 0 Å². The van der Waals surface area contributed by atoms with Crippen LogP contribution in [0.25, 0.3) is 0 Å². The summed E-state index contributed by atoms with van der Waals surface area (Å²) in [6.07, 6.45) is -1.99. The molecule has 6 heteroatoms. The highest BCUT2D eigenvalue weighted by Gasteiger charge is 2.21.